The van der Waals surface area contributed by atoms with Gasteiger partial charge in [0.05, 0.1) is 12.2 Å². The molecule has 1 aliphatic rings. The van der Waals surface area contributed by atoms with Crippen LogP contribution in [0.1, 0.15) is 46.3 Å². The Kier molecular flexibility index (Phi) is 14.2. The fraction of sp³-hybridized carbons (Fsp3) is 0.708. The summed E-state index contributed by atoms with van der Waals surface area (Å²) in [6.45, 7) is 19.4. The van der Waals surface area contributed by atoms with E-state index in [0.29, 0.717) is 12.5 Å². The van der Waals surface area contributed by atoms with Crippen molar-refractivity contribution >= 4 is 29.9 Å². The number of hydrogen-bond acceptors (Lipinski definition) is 5. The van der Waals surface area contributed by atoms with Crippen molar-refractivity contribution < 1.29 is 9.84 Å². The molecule has 0 bridgehead atoms. The van der Waals surface area contributed by atoms with Crippen LogP contribution in [0.4, 0.5) is 0 Å². The van der Waals surface area contributed by atoms with Crippen molar-refractivity contribution in [2.24, 2.45) is 10.9 Å². The van der Waals surface area contributed by atoms with Crippen molar-refractivity contribution in [2.45, 2.75) is 46.8 Å². The Balaban J connectivity index is 0.00000512. The molecule has 8 heteroatoms. The van der Waals surface area contributed by atoms with Crippen LogP contribution < -0.4 is 15.4 Å². The normalized spacial score (nSPS) is 17.5. The minimum Gasteiger partial charge on any atom is -0.491 e. The summed E-state index contributed by atoms with van der Waals surface area (Å²) < 4.78 is 5.67. The van der Waals surface area contributed by atoms with Crippen molar-refractivity contribution in [1.82, 2.24) is 20.4 Å². The Morgan fingerprint density at radius 1 is 1.03 bits per heavy atom. The van der Waals surface area contributed by atoms with Crippen LogP contribution in [0.15, 0.2) is 29.3 Å². The number of rotatable bonds is 11. The second-order valence-corrected chi connectivity index (χ2v) is 8.69. The van der Waals surface area contributed by atoms with Crippen molar-refractivity contribution in [1.29, 1.82) is 0 Å². The molecule has 2 atom stereocenters. The van der Waals surface area contributed by atoms with E-state index in [1.807, 2.05) is 38.1 Å². The molecule has 2 rings (SSSR count). The minimum atomic E-state index is -0.607. The summed E-state index contributed by atoms with van der Waals surface area (Å²) in [5.74, 6) is 2.06. The number of nitrogens with one attached hydrogen (secondary N) is 2. The number of halogens is 1. The van der Waals surface area contributed by atoms with Gasteiger partial charge in [0, 0.05) is 52.4 Å². The number of aliphatic hydroxyl groups is 1. The maximum atomic E-state index is 10.5. The molecule has 3 N–H and O–H groups in total. The largest absolute Gasteiger partial charge is 0.491 e. The smallest absolute Gasteiger partial charge is 0.191 e. The Bertz CT molecular complexity index is 648. The van der Waals surface area contributed by atoms with Crippen LogP contribution in [0.2, 0.25) is 0 Å². The highest BCUT2D eigenvalue weighted by molar-refractivity contribution is 14.0. The Labute approximate surface area is 212 Å². The summed E-state index contributed by atoms with van der Waals surface area (Å²) >= 11 is 0. The van der Waals surface area contributed by atoms with Crippen molar-refractivity contribution in [3.8, 4) is 5.75 Å². The summed E-state index contributed by atoms with van der Waals surface area (Å²) in [6, 6.07) is 7.63. The van der Waals surface area contributed by atoms with Crippen LogP contribution in [-0.2, 0) is 0 Å². The summed E-state index contributed by atoms with van der Waals surface area (Å²) in [6.07, 6.45) is -0.469. The van der Waals surface area contributed by atoms with E-state index in [-0.39, 0.29) is 30.1 Å². The molecule has 1 aromatic rings. The van der Waals surface area contributed by atoms with Crippen molar-refractivity contribution in [3.05, 3.63) is 29.8 Å². The van der Waals surface area contributed by atoms with Gasteiger partial charge in [-0.15, -0.1) is 24.0 Å². The number of benzene rings is 1. The molecule has 1 fully saturated rings. The first-order valence-electron chi connectivity index (χ1n) is 11.8. The molecule has 184 valence electrons. The van der Waals surface area contributed by atoms with E-state index in [1.54, 1.807) is 0 Å². The van der Waals surface area contributed by atoms with Gasteiger partial charge < -0.3 is 30.3 Å². The van der Waals surface area contributed by atoms with Crippen LogP contribution in [-0.4, -0.2) is 85.9 Å². The zero-order valence-corrected chi connectivity index (χ0v) is 22.8. The second-order valence-electron chi connectivity index (χ2n) is 8.69. The fourth-order valence-electron chi connectivity index (χ4n) is 3.73. The lowest BCUT2D eigenvalue weighted by Gasteiger charge is -2.35. The Hall–Kier alpha value is -1.10. The molecule has 1 saturated heterocycles. The minimum absolute atomic E-state index is 0. The van der Waals surface area contributed by atoms with E-state index in [9.17, 15) is 5.11 Å². The number of hydrogen-bond donors (Lipinski definition) is 3. The number of piperazine rings is 1. The van der Waals surface area contributed by atoms with Crippen LogP contribution in [0, 0.1) is 5.92 Å². The molecular weight excluding hydrogens is 517 g/mol. The lowest BCUT2D eigenvalue weighted by Crippen LogP contribution is -2.47. The summed E-state index contributed by atoms with van der Waals surface area (Å²) in [5, 5.41) is 17.1. The van der Waals surface area contributed by atoms with Gasteiger partial charge in [0.25, 0.3) is 0 Å². The summed E-state index contributed by atoms with van der Waals surface area (Å²) in [4.78, 5) is 9.80. The van der Waals surface area contributed by atoms with Gasteiger partial charge in [-0.3, -0.25) is 4.99 Å². The average molecular weight is 562 g/mol. The van der Waals surface area contributed by atoms with Crippen LogP contribution in [0.3, 0.4) is 0 Å². The van der Waals surface area contributed by atoms with Gasteiger partial charge in [-0.25, -0.2) is 0 Å². The van der Waals surface area contributed by atoms with Crippen LogP contribution >= 0.6 is 24.0 Å². The van der Waals surface area contributed by atoms with E-state index < -0.39 is 6.10 Å². The van der Waals surface area contributed by atoms with Gasteiger partial charge in [0.2, 0.25) is 0 Å². The van der Waals surface area contributed by atoms with Gasteiger partial charge in [-0.05, 0) is 50.9 Å². The number of nitrogens with zero attached hydrogens (tertiary/aromatic N) is 3. The number of ether oxygens (including phenoxy) is 1. The van der Waals surface area contributed by atoms with Crippen molar-refractivity contribution in [3.63, 3.8) is 0 Å². The van der Waals surface area contributed by atoms with Gasteiger partial charge in [0.15, 0.2) is 5.96 Å². The Morgan fingerprint density at radius 3 is 2.22 bits per heavy atom. The first-order chi connectivity index (χ1) is 14.9. The third-order valence-corrected chi connectivity index (χ3v) is 5.49. The SMILES string of the molecule is CCNC(=NCC(C)CN1CCN(CC)CC1)NCC(O)c1ccc(OC(C)C)cc1.I. The average Bonchev–Trinajstić information content (AvgIpc) is 2.76. The van der Waals surface area contributed by atoms with Gasteiger partial charge in [-0.2, -0.15) is 0 Å². The predicted molar refractivity (Wildman–Crippen MR) is 144 cm³/mol. The molecule has 7 nitrogen and oxygen atoms in total. The monoisotopic (exact) mass is 561 g/mol. The molecule has 0 saturated carbocycles. The van der Waals surface area contributed by atoms with E-state index >= 15 is 0 Å². The zero-order chi connectivity index (χ0) is 22.6. The van der Waals surface area contributed by atoms with E-state index in [0.717, 1.165) is 56.5 Å². The number of likely N-dealkylation sites (N-methyl/N-ethyl adjacent to an activating group) is 1. The van der Waals surface area contributed by atoms with Crippen LogP contribution in [0.25, 0.3) is 0 Å². The third kappa shape index (κ3) is 10.7. The fourth-order valence-corrected chi connectivity index (χ4v) is 3.73. The predicted octanol–water partition coefficient (Wildman–Crippen LogP) is 2.95. The van der Waals surface area contributed by atoms with Gasteiger partial charge in [-0.1, -0.05) is 26.0 Å². The molecule has 0 aliphatic carbocycles. The first-order valence-corrected chi connectivity index (χ1v) is 11.8. The molecule has 0 aromatic heterocycles. The lowest BCUT2D eigenvalue weighted by molar-refractivity contribution is 0.125. The molecule has 1 heterocycles. The third-order valence-electron chi connectivity index (χ3n) is 5.49. The standard InChI is InChI=1S/C24H43N5O2.HI/c1-6-25-24(26-16-20(5)18-29-14-12-28(7-2)13-15-29)27-17-23(30)21-8-10-22(11-9-21)31-19(3)4;/h8-11,19-20,23,30H,6-7,12-18H2,1-5H3,(H2,25,26,27);1H. The molecule has 0 radical (unpaired) electrons. The van der Waals surface area contributed by atoms with Crippen molar-refractivity contribution in [2.75, 3.05) is 58.9 Å². The summed E-state index contributed by atoms with van der Waals surface area (Å²) in [7, 11) is 0. The van der Waals surface area contributed by atoms with Gasteiger partial charge >= 0.3 is 0 Å². The molecule has 2 unspecified atom stereocenters. The highest BCUT2D eigenvalue weighted by atomic mass is 127. The quantitative estimate of drug-likeness (QED) is 0.219. The van der Waals surface area contributed by atoms with Crippen LogP contribution in [0.5, 0.6) is 5.75 Å². The zero-order valence-electron chi connectivity index (χ0n) is 20.5. The lowest BCUT2D eigenvalue weighted by atomic mass is 10.1. The highest BCUT2D eigenvalue weighted by Gasteiger charge is 2.17. The molecular formula is C24H44IN5O2. The Morgan fingerprint density at radius 2 is 1.66 bits per heavy atom. The van der Waals surface area contributed by atoms with E-state index in [1.165, 1.54) is 13.1 Å². The molecule has 32 heavy (non-hydrogen) atoms. The van der Waals surface area contributed by atoms with E-state index in [2.05, 4.69) is 41.2 Å². The molecule has 0 amide bonds. The molecule has 0 spiro atoms. The molecule has 1 aliphatic heterocycles. The van der Waals surface area contributed by atoms with Gasteiger partial charge in [0.1, 0.15) is 5.75 Å². The first kappa shape index (κ1) is 28.9. The topological polar surface area (TPSA) is 72.4 Å². The number of aliphatic hydroxyl groups excluding tert-OH is 1. The van der Waals surface area contributed by atoms with E-state index in [4.69, 9.17) is 9.73 Å². The summed E-state index contributed by atoms with van der Waals surface area (Å²) in [5.41, 5.74) is 0.860. The maximum Gasteiger partial charge on any atom is 0.191 e. The molecule has 1 aromatic carbocycles. The highest BCUT2D eigenvalue weighted by Crippen LogP contribution is 2.18. The second kappa shape index (κ2) is 15.7. The maximum absolute atomic E-state index is 10.5. The number of aliphatic imine (C=N–C) groups is 1. The number of guanidine groups is 1.